The number of carbonyl (C=O) groups is 1. The van der Waals surface area contributed by atoms with Gasteiger partial charge in [0, 0.05) is 4.88 Å². The van der Waals surface area contributed by atoms with Crippen LogP contribution in [-0.4, -0.2) is 17.7 Å². The lowest BCUT2D eigenvalue weighted by atomic mass is 10.2. The molecule has 1 aromatic rings. The maximum absolute atomic E-state index is 11.0. The fourth-order valence-corrected chi connectivity index (χ4v) is 2.48. The van der Waals surface area contributed by atoms with E-state index in [2.05, 4.69) is 6.58 Å². The van der Waals surface area contributed by atoms with Crippen molar-refractivity contribution in [1.82, 2.24) is 0 Å². The van der Waals surface area contributed by atoms with Crippen LogP contribution in [0.1, 0.15) is 47.2 Å². The van der Waals surface area contributed by atoms with Gasteiger partial charge in [-0.1, -0.05) is 13.0 Å². The number of thiophene rings is 1. The van der Waals surface area contributed by atoms with Crippen LogP contribution in [0.15, 0.2) is 18.7 Å². The number of carboxylic acid groups (broad SMARTS) is 1. The fourth-order valence-electron chi connectivity index (χ4n) is 1.60. The first-order valence-electron chi connectivity index (χ1n) is 6.28. The zero-order valence-corrected chi connectivity index (χ0v) is 11.6. The molecule has 4 heteroatoms. The normalized spacial score (nSPS) is 10.3. The van der Waals surface area contributed by atoms with Gasteiger partial charge in [0.05, 0.1) is 6.61 Å². The summed E-state index contributed by atoms with van der Waals surface area (Å²) in [7, 11) is 0. The van der Waals surface area contributed by atoms with E-state index >= 15 is 0 Å². The first kappa shape index (κ1) is 14.8. The minimum absolute atomic E-state index is 0.318. The molecule has 0 aromatic carbocycles. The highest BCUT2D eigenvalue weighted by Crippen LogP contribution is 2.30. The fraction of sp³-hybridized carbons (Fsp3) is 0.500. The molecule has 1 N–H and O–H groups in total. The number of hydrogen-bond acceptors (Lipinski definition) is 3. The van der Waals surface area contributed by atoms with Crippen LogP contribution in [0.25, 0.3) is 0 Å². The van der Waals surface area contributed by atoms with Crippen molar-refractivity contribution in [3.63, 3.8) is 0 Å². The third-order valence-corrected chi connectivity index (χ3v) is 3.85. The van der Waals surface area contributed by atoms with Crippen molar-refractivity contribution in [3.05, 3.63) is 28.5 Å². The minimum atomic E-state index is -0.902. The summed E-state index contributed by atoms with van der Waals surface area (Å²) in [4.78, 5) is 12.4. The molecule has 0 radical (unpaired) electrons. The Morgan fingerprint density at radius 3 is 2.89 bits per heavy atom. The van der Waals surface area contributed by atoms with Gasteiger partial charge in [0.1, 0.15) is 5.75 Å². The number of unbranched alkanes of at least 4 members (excludes halogenated alkanes) is 3. The van der Waals surface area contributed by atoms with Gasteiger partial charge < -0.3 is 9.84 Å². The molecule has 0 aliphatic carbocycles. The van der Waals surface area contributed by atoms with Gasteiger partial charge in [-0.15, -0.1) is 17.9 Å². The van der Waals surface area contributed by atoms with E-state index in [1.807, 2.05) is 19.1 Å². The van der Waals surface area contributed by atoms with E-state index in [1.54, 1.807) is 0 Å². The number of ether oxygens (including phenoxy) is 1. The van der Waals surface area contributed by atoms with Crippen molar-refractivity contribution in [3.8, 4) is 5.75 Å². The summed E-state index contributed by atoms with van der Waals surface area (Å²) in [6.07, 6.45) is 6.92. The molecule has 0 amide bonds. The summed E-state index contributed by atoms with van der Waals surface area (Å²) < 4.78 is 5.56. The molecule has 18 heavy (non-hydrogen) atoms. The predicted molar refractivity (Wildman–Crippen MR) is 74.8 cm³/mol. The van der Waals surface area contributed by atoms with Gasteiger partial charge in [-0.3, -0.25) is 0 Å². The topological polar surface area (TPSA) is 46.5 Å². The van der Waals surface area contributed by atoms with Crippen LogP contribution >= 0.6 is 11.3 Å². The van der Waals surface area contributed by atoms with E-state index < -0.39 is 5.97 Å². The molecule has 0 aliphatic heterocycles. The van der Waals surface area contributed by atoms with E-state index in [9.17, 15) is 4.79 Å². The van der Waals surface area contributed by atoms with Gasteiger partial charge in [-0.05, 0) is 38.2 Å². The van der Waals surface area contributed by atoms with Gasteiger partial charge in [0.2, 0.25) is 0 Å². The van der Waals surface area contributed by atoms with Crippen LogP contribution in [0.4, 0.5) is 0 Å². The Labute approximate surface area is 112 Å². The van der Waals surface area contributed by atoms with Crippen LogP contribution in [0.2, 0.25) is 0 Å². The van der Waals surface area contributed by atoms with Crippen LogP contribution in [0.5, 0.6) is 5.75 Å². The molecule has 1 heterocycles. The zero-order chi connectivity index (χ0) is 13.4. The summed E-state index contributed by atoms with van der Waals surface area (Å²) in [5.74, 6) is -0.380. The minimum Gasteiger partial charge on any atom is -0.492 e. The summed E-state index contributed by atoms with van der Waals surface area (Å²) in [5.41, 5.74) is 0. The Bertz CT molecular complexity index is 396. The van der Waals surface area contributed by atoms with E-state index in [4.69, 9.17) is 9.84 Å². The highest BCUT2D eigenvalue weighted by Gasteiger charge is 2.15. The van der Waals surface area contributed by atoms with Crippen molar-refractivity contribution in [1.29, 1.82) is 0 Å². The molecule has 0 atom stereocenters. The van der Waals surface area contributed by atoms with Crippen molar-refractivity contribution >= 4 is 17.3 Å². The average Bonchev–Trinajstić information content (AvgIpc) is 2.77. The van der Waals surface area contributed by atoms with Gasteiger partial charge in [-0.2, -0.15) is 0 Å². The standard InChI is InChI=1S/C14H20O3S/c1-3-5-6-7-8-9-17-12-10-11(4-2)18-13(12)14(15)16/h3,10H,1,4-9H2,2H3,(H,15,16). The zero-order valence-electron chi connectivity index (χ0n) is 10.8. The number of rotatable bonds is 9. The molecule has 0 fully saturated rings. The molecule has 0 spiro atoms. The second-order valence-corrected chi connectivity index (χ2v) is 5.19. The van der Waals surface area contributed by atoms with E-state index in [0.717, 1.165) is 37.0 Å². The van der Waals surface area contributed by atoms with E-state index in [-0.39, 0.29) is 0 Å². The highest BCUT2D eigenvalue weighted by molar-refractivity contribution is 7.14. The van der Waals surface area contributed by atoms with Crippen LogP contribution < -0.4 is 4.74 Å². The lowest BCUT2D eigenvalue weighted by Crippen LogP contribution is -2.01. The van der Waals surface area contributed by atoms with Gasteiger partial charge in [0.15, 0.2) is 4.88 Å². The smallest absolute Gasteiger partial charge is 0.349 e. The van der Waals surface area contributed by atoms with Gasteiger partial charge in [-0.25, -0.2) is 4.79 Å². The summed E-state index contributed by atoms with van der Waals surface area (Å²) >= 11 is 1.30. The molecular weight excluding hydrogens is 248 g/mol. The third-order valence-electron chi connectivity index (χ3n) is 2.60. The Morgan fingerprint density at radius 2 is 2.28 bits per heavy atom. The first-order valence-corrected chi connectivity index (χ1v) is 7.10. The Hall–Kier alpha value is -1.29. The molecule has 100 valence electrons. The molecule has 1 aromatic heterocycles. The second kappa shape index (κ2) is 7.93. The largest absolute Gasteiger partial charge is 0.492 e. The second-order valence-electron chi connectivity index (χ2n) is 4.05. The molecule has 1 rings (SSSR count). The average molecular weight is 268 g/mol. The Morgan fingerprint density at radius 1 is 1.50 bits per heavy atom. The Kier molecular flexibility index (Phi) is 6.50. The third kappa shape index (κ3) is 4.53. The molecule has 0 saturated carbocycles. The summed E-state index contributed by atoms with van der Waals surface area (Å²) in [5, 5.41) is 9.07. The van der Waals surface area contributed by atoms with Crippen molar-refractivity contribution in [2.45, 2.75) is 39.0 Å². The molecule has 0 unspecified atom stereocenters. The van der Waals surface area contributed by atoms with Crippen LogP contribution in [-0.2, 0) is 6.42 Å². The SMILES string of the molecule is C=CCCCCCOc1cc(CC)sc1C(=O)O. The number of aromatic carboxylic acids is 1. The first-order chi connectivity index (χ1) is 8.69. The molecule has 3 nitrogen and oxygen atoms in total. The summed E-state index contributed by atoms with van der Waals surface area (Å²) in [6.45, 7) is 6.27. The monoisotopic (exact) mass is 268 g/mol. The number of aryl methyl sites for hydroxylation is 1. The lowest BCUT2D eigenvalue weighted by molar-refractivity contribution is 0.0698. The lowest BCUT2D eigenvalue weighted by Gasteiger charge is -2.04. The van der Waals surface area contributed by atoms with Gasteiger partial charge >= 0.3 is 5.97 Å². The van der Waals surface area contributed by atoms with E-state index in [0.29, 0.717) is 17.2 Å². The maximum Gasteiger partial charge on any atom is 0.349 e. The molecule has 0 aliphatic rings. The molecule has 0 bridgehead atoms. The molecular formula is C14H20O3S. The number of allylic oxidation sites excluding steroid dienone is 1. The quantitative estimate of drug-likeness (QED) is 0.541. The van der Waals surface area contributed by atoms with Gasteiger partial charge in [0.25, 0.3) is 0 Å². The molecule has 0 saturated heterocycles. The number of hydrogen-bond donors (Lipinski definition) is 1. The van der Waals surface area contributed by atoms with Crippen molar-refractivity contribution in [2.75, 3.05) is 6.61 Å². The van der Waals surface area contributed by atoms with Crippen LogP contribution in [0, 0.1) is 0 Å². The van der Waals surface area contributed by atoms with Crippen molar-refractivity contribution < 1.29 is 14.6 Å². The maximum atomic E-state index is 11.0. The summed E-state index contributed by atoms with van der Waals surface area (Å²) in [6, 6.07) is 1.85. The predicted octanol–water partition coefficient (Wildman–Crippen LogP) is 4.13. The Balaban J connectivity index is 2.43. The highest BCUT2D eigenvalue weighted by atomic mass is 32.1. The number of carboxylic acids is 1. The van der Waals surface area contributed by atoms with Crippen molar-refractivity contribution in [2.24, 2.45) is 0 Å². The van der Waals surface area contributed by atoms with E-state index in [1.165, 1.54) is 11.3 Å². The van der Waals surface area contributed by atoms with Crippen LogP contribution in [0.3, 0.4) is 0 Å².